The first kappa shape index (κ1) is 20.5. The molecule has 0 aliphatic carbocycles. The molecule has 2 rings (SSSR count). The van der Waals surface area contributed by atoms with Gasteiger partial charge in [0, 0.05) is 6.42 Å². The van der Waals surface area contributed by atoms with Gasteiger partial charge in [0.25, 0.3) is 0 Å². The summed E-state index contributed by atoms with van der Waals surface area (Å²) in [5.41, 5.74) is 5.12. The molecule has 27 heavy (non-hydrogen) atoms. The van der Waals surface area contributed by atoms with Crippen molar-refractivity contribution in [2.75, 3.05) is 7.11 Å². The minimum Gasteiger partial charge on any atom is -0.497 e. The molecule has 0 bridgehead atoms. The zero-order valence-corrected chi connectivity index (χ0v) is 15.5. The van der Waals surface area contributed by atoms with Crippen LogP contribution < -0.4 is 20.5 Å². The highest BCUT2D eigenvalue weighted by atomic mass is 32.2. The molecule has 0 saturated heterocycles. The number of amides is 2. The Kier molecular flexibility index (Phi) is 6.97. The average Bonchev–Trinajstić information content (AvgIpc) is 3.16. The first-order valence-electron chi connectivity index (χ1n) is 8.06. The summed E-state index contributed by atoms with van der Waals surface area (Å²) < 4.78 is 37.5. The van der Waals surface area contributed by atoms with Crippen LogP contribution in [0.15, 0.2) is 52.0 Å². The average molecular weight is 395 g/mol. The fourth-order valence-corrected chi connectivity index (χ4v) is 3.48. The molecule has 4 N–H and O–H groups in total. The predicted octanol–water partition coefficient (Wildman–Crippen LogP) is 0.517. The molecule has 0 saturated carbocycles. The number of hydrogen-bond donors (Lipinski definition) is 3. The van der Waals surface area contributed by atoms with Gasteiger partial charge in [-0.15, -0.1) is 0 Å². The van der Waals surface area contributed by atoms with Gasteiger partial charge in [-0.25, -0.2) is 8.42 Å². The second-order valence-corrected chi connectivity index (χ2v) is 7.37. The Morgan fingerprint density at radius 2 is 1.93 bits per heavy atom. The summed E-state index contributed by atoms with van der Waals surface area (Å²) in [6.45, 7) is 0.0865. The highest BCUT2D eigenvalue weighted by Crippen LogP contribution is 2.16. The number of nitrogens with two attached hydrogens (primary N) is 1. The van der Waals surface area contributed by atoms with E-state index in [4.69, 9.17) is 14.9 Å². The molecule has 0 unspecified atom stereocenters. The Labute approximate surface area is 156 Å². The number of ether oxygens (including phenoxy) is 1. The second kappa shape index (κ2) is 9.19. The number of sulfonamides is 1. The largest absolute Gasteiger partial charge is 0.497 e. The van der Waals surface area contributed by atoms with Crippen molar-refractivity contribution in [3.05, 3.63) is 48.4 Å². The molecule has 2 aromatic rings. The topological polar surface area (TPSA) is 141 Å². The number of methoxy groups -OCH3 is 1. The summed E-state index contributed by atoms with van der Waals surface area (Å²) in [7, 11) is -2.53. The molecule has 1 heterocycles. The van der Waals surface area contributed by atoms with Crippen molar-refractivity contribution < 1.29 is 27.2 Å². The van der Waals surface area contributed by atoms with Crippen LogP contribution in [0.5, 0.6) is 5.75 Å². The van der Waals surface area contributed by atoms with Gasteiger partial charge in [-0.3, -0.25) is 9.59 Å². The number of benzene rings is 1. The maximum absolute atomic E-state index is 12.6. The molecule has 0 fully saturated rings. The van der Waals surface area contributed by atoms with Gasteiger partial charge in [0.05, 0.1) is 24.8 Å². The van der Waals surface area contributed by atoms with E-state index < -0.39 is 27.9 Å². The minimum atomic E-state index is -3.99. The van der Waals surface area contributed by atoms with Gasteiger partial charge >= 0.3 is 0 Å². The summed E-state index contributed by atoms with van der Waals surface area (Å²) >= 11 is 0. The molecule has 146 valence electrons. The van der Waals surface area contributed by atoms with E-state index in [1.54, 1.807) is 12.1 Å². The second-order valence-electron chi connectivity index (χ2n) is 5.65. The van der Waals surface area contributed by atoms with E-state index in [1.165, 1.54) is 37.6 Å². The zero-order valence-electron chi connectivity index (χ0n) is 14.7. The van der Waals surface area contributed by atoms with Crippen LogP contribution >= 0.6 is 0 Å². The fraction of sp³-hybridized carbons (Fsp3) is 0.294. The van der Waals surface area contributed by atoms with Crippen LogP contribution in [-0.4, -0.2) is 33.4 Å². The van der Waals surface area contributed by atoms with Crippen LogP contribution in [0.2, 0.25) is 0 Å². The van der Waals surface area contributed by atoms with E-state index >= 15 is 0 Å². The summed E-state index contributed by atoms with van der Waals surface area (Å²) in [6, 6.07) is 7.85. The Morgan fingerprint density at radius 1 is 1.22 bits per heavy atom. The van der Waals surface area contributed by atoms with Crippen LogP contribution in [0.3, 0.4) is 0 Å². The Hall–Kier alpha value is -2.85. The molecule has 10 heteroatoms. The number of carbonyl (C=O) groups is 2. The summed E-state index contributed by atoms with van der Waals surface area (Å²) in [6.07, 6.45) is 1.23. The molecule has 9 nitrogen and oxygen atoms in total. The number of rotatable bonds is 10. The number of carbonyl (C=O) groups excluding carboxylic acids is 2. The van der Waals surface area contributed by atoms with E-state index in [1.807, 2.05) is 0 Å². The van der Waals surface area contributed by atoms with Gasteiger partial charge in [-0.1, -0.05) is 0 Å². The number of hydrogen-bond acceptors (Lipinski definition) is 6. The van der Waals surface area contributed by atoms with Crippen LogP contribution in [-0.2, 0) is 26.2 Å². The van der Waals surface area contributed by atoms with E-state index in [2.05, 4.69) is 10.0 Å². The van der Waals surface area contributed by atoms with Crippen molar-refractivity contribution in [1.29, 1.82) is 0 Å². The zero-order chi connectivity index (χ0) is 19.9. The number of furan rings is 1. The van der Waals surface area contributed by atoms with Crippen molar-refractivity contribution in [3.8, 4) is 5.75 Å². The van der Waals surface area contributed by atoms with Crippen molar-refractivity contribution in [2.45, 2.75) is 30.3 Å². The quantitative estimate of drug-likeness (QED) is 0.535. The first-order valence-corrected chi connectivity index (χ1v) is 9.55. The Morgan fingerprint density at radius 3 is 2.48 bits per heavy atom. The first-order chi connectivity index (χ1) is 12.8. The Bertz CT molecular complexity index is 863. The molecule has 0 aliphatic rings. The summed E-state index contributed by atoms with van der Waals surface area (Å²) in [5, 5.41) is 2.57. The minimum absolute atomic E-state index is 0.0359. The van der Waals surface area contributed by atoms with Crippen LogP contribution in [0.25, 0.3) is 0 Å². The number of nitrogens with one attached hydrogen (secondary N) is 2. The SMILES string of the molecule is COc1ccc(S(=O)(=O)N[C@H](CCC(N)=O)C(=O)NCc2ccco2)cc1. The smallest absolute Gasteiger partial charge is 0.241 e. The molecule has 2 amide bonds. The monoisotopic (exact) mass is 395 g/mol. The van der Waals surface area contributed by atoms with Crippen LogP contribution in [0.1, 0.15) is 18.6 Å². The normalized spacial score (nSPS) is 12.3. The Balaban J connectivity index is 2.11. The van der Waals surface area contributed by atoms with Crippen LogP contribution in [0, 0.1) is 0 Å². The standard InChI is InChI=1S/C17H21N3O6S/c1-25-12-4-6-14(7-5-12)27(23,24)20-15(8-9-16(18)21)17(22)19-11-13-3-2-10-26-13/h2-7,10,15,20H,8-9,11H2,1H3,(H2,18,21)(H,19,22)/t15-/m1/s1. The van der Waals surface area contributed by atoms with E-state index in [0.29, 0.717) is 11.5 Å². The van der Waals surface area contributed by atoms with Gasteiger partial charge in [-0.2, -0.15) is 4.72 Å². The molecule has 1 aromatic carbocycles. The fourth-order valence-electron chi connectivity index (χ4n) is 2.25. The van der Waals surface area contributed by atoms with Gasteiger partial charge in [0.2, 0.25) is 21.8 Å². The van der Waals surface area contributed by atoms with Crippen molar-refractivity contribution in [1.82, 2.24) is 10.0 Å². The predicted molar refractivity (Wildman–Crippen MR) is 96.1 cm³/mol. The van der Waals surface area contributed by atoms with E-state index in [0.717, 1.165) is 0 Å². The highest BCUT2D eigenvalue weighted by Gasteiger charge is 2.26. The molecular weight excluding hydrogens is 374 g/mol. The number of primary amides is 1. The lowest BCUT2D eigenvalue weighted by Gasteiger charge is -2.18. The van der Waals surface area contributed by atoms with Crippen LogP contribution in [0.4, 0.5) is 0 Å². The van der Waals surface area contributed by atoms with Crippen molar-refractivity contribution >= 4 is 21.8 Å². The molecular formula is C17H21N3O6S. The third-order valence-corrected chi connectivity index (χ3v) is 5.17. The molecule has 1 aromatic heterocycles. The van der Waals surface area contributed by atoms with Gasteiger partial charge in [0.1, 0.15) is 17.6 Å². The van der Waals surface area contributed by atoms with Gasteiger partial charge in [-0.05, 0) is 42.8 Å². The molecule has 0 aliphatic heterocycles. The lowest BCUT2D eigenvalue weighted by Crippen LogP contribution is -2.46. The summed E-state index contributed by atoms with van der Waals surface area (Å²) in [4.78, 5) is 23.4. The lowest BCUT2D eigenvalue weighted by atomic mass is 10.1. The molecule has 0 radical (unpaired) electrons. The van der Waals surface area contributed by atoms with Gasteiger partial charge in [0.15, 0.2) is 0 Å². The maximum atomic E-state index is 12.6. The third-order valence-electron chi connectivity index (χ3n) is 3.68. The highest BCUT2D eigenvalue weighted by molar-refractivity contribution is 7.89. The summed E-state index contributed by atoms with van der Waals surface area (Å²) in [5.74, 6) is -0.224. The van der Waals surface area contributed by atoms with E-state index in [-0.39, 0.29) is 24.3 Å². The molecule has 0 spiro atoms. The third kappa shape index (κ3) is 6.12. The van der Waals surface area contributed by atoms with Crippen molar-refractivity contribution in [2.24, 2.45) is 5.73 Å². The van der Waals surface area contributed by atoms with Crippen molar-refractivity contribution in [3.63, 3.8) is 0 Å². The maximum Gasteiger partial charge on any atom is 0.241 e. The molecule has 1 atom stereocenters. The van der Waals surface area contributed by atoms with Gasteiger partial charge < -0.3 is 20.2 Å². The van der Waals surface area contributed by atoms with E-state index in [9.17, 15) is 18.0 Å². The lowest BCUT2D eigenvalue weighted by molar-refractivity contribution is -0.123.